The van der Waals surface area contributed by atoms with E-state index in [-0.39, 0.29) is 5.41 Å². The lowest BCUT2D eigenvalue weighted by Crippen LogP contribution is -2.19. The van der Waals surface area contributed by atoms with Crippen LogP contribution in [-0.2, 0) is 4.74 Å². The van der Waals surface area contributed by atoms with Crippen LogP contribution in [0.5, 0.6) is 5.88 Å². The van der Waals surface area contributed by atoms with Crippen molar-refractivity contribution in [1.29, 1.82) is 0 Å². The Hall–Kier alpha value is -1.87. The summed E-state index contributed by atoms with van der Waals surface area (Å²) in [7, 11) is 1.67. The van der Waals surface area contributed by atoms with E-state index in [1.807, 2.05) is 6.07 Å². The summed E-state index contributed by atoms with van der Waals surface area (Å²) in [5, 5.41) is 0. The van der Waals surface area contributed by atoms with Crippen LogP contribution < -0.4 is 4.74 Å². The number of aromatic nitrogens is 1. The normalized spacial score (nSPS) is 17.8. The van der Waals surface area contributed by atoms with Crippen molar-refractivity contribution in [3.05, 3.63) is 52.3 Å². The maximum atomic E-state index is 5.66. The van der Waals surface area contributed by atoms with Gasteiger partial charge in [0.05, 0.1) is 12.3 Å². The average molecular weight is 356 g/mol. The summed E-state index contributed by atoms with van der Waals surface area (Å²) in [4.78, 5) is 4.58. The van der Waals surface area contributed by atoms with E-state index >= 15 is 0 Å². The summed E-state index contributed by atoms with van der Waals surface area (Å²) < 4.78 is 10.7. The minimum Gasteiger partial charge on any atom is -0.475 e. The van der Waals surface area contributed by atoms with Gasteiger partial charge < -0.3 is 9.47 Å². The van der Waals surface area contributed by atoms with Crippen molar-refractivity contribution in [3.63, 3.8) is 0 Å². The molecule has 1 heterocycles. The third kappa shape index (κ3) is 5.84. The predicted molar refractivity (Wildman–Crippen MR) is 109 cm³/mol. The van der Waals surface area contributed by atoms with Crippen molar-refractivity contribution in [3.8, 4) is 5.88 Å². The van der Waals surface area contributed by atoms with Crippen molar-refractivity contribution >= 4 is 6.08 Å². The lowest BCUT2D eigenvalue weighted by atomic mass is 9.72. The second-order valence-electron chi connectivity index (χ2n) is 7.90. The third-order valence-corrected chi connectivity index (χ3v) is 4.93. The fraction of sp³-hybridized carbons (Fsp3) is 0.522. The van der Waals surface area contributed by atoms with Crippen LogP contribution in [0, 0.1) is 12.3 Å². The van der Waals surface area contributed by atoms with Crippen molar-refractivity contribution < 1.29 is 9.47 Å². The Balaban J connectivity index is 2.16. The van der Waals surface area contributed by atoms with E-state index in [9.17, 15) is 0 Å². The Morgan fingerprint density at radius 3 is 2.69 bits per heavy atom. The molecule has 1 aliphatic rings. The largest absolute Gasteiger partial charge is 0.475 e. The van der Waals surface area contributed by atoms with E-state index in [1.54, 1.807) is 7.11 Å². The van der Waals surface area contributed by atoms with E-state index in [4.69, 9.17) is 9.47 Å². The minimum absolute atomic E-state index is 0.267. The van der Waals surface area contributed by atoms with Gasteiger partial charge >= 0.3 is 0 Å². The zero-order valence-electron chi connectivity index (χ0n) is 17.2. The van der Waals surface area contributed by atoms with Crippen LogP contribution in [0.25, 0.3) is 6.08 Å². The van der Waals surface area contributed by atoms with Crippen LogP contribution in [0.4, 0.5) is 0 Å². The summed E-state index contributed by atoms with van der Waals surface area (Å²) >= 11 is 0. The first-order valence-corrected chi connectivity index (χ1v) is 9.49. The maximum absolute atomic E-state index is 5.66. The third-order valence-electron chi connectivity index (χ3n) is 4.93. The number of rotatable bonds is 7. The van der Waals surface area contributed by atoms with E-state index < -0.39 is 0 Å². The summed E-state index contributed by atoms with van der Waals surface area (Å²) in [5.41, 5.74) is 6.52. The van der Waals surface area contributed by atoms with E-state index in [0.29, 0.717) is 19.1 Å². The number of hydrogen-bond donors (Lipinski definition) is 0. The molecule has 26 heavy (non-hydrogen) atoms. The van der Waals surface area contributed by atoms with Crippen molar-refractivity contribution in [1.82, 2.24) is 4.98 Å². The molecule has 0 amide bonds. The molecule has 0 saturated carbocycles. The zero-order chi connectivity index (χ0) is 19.2. The number of ether oxygens (including phenoxy) is 2. The highest BCUT2D eigenvalue weighted by Gasteiger charge is 2.26. The number of aryl methyl sites for hydroxylation is 1. The molecule has 1 aromatic rings. The number of allylic oxidation sites excluding steroid dienone is 5. The molecular weight excluding hydrogens is 322 g/mol. The van der Waals surface area contributed by atoms with Gasteiger partial charge in [-0.3, -0.25) is 0 Å². The molecule has 0 aliphatic heterocycles. The van der Waals surface area contributed by atoms with E-state index in [1.165, 1.54) is 36.0 Å². The molecule has 3 heteroatoms. The molecule has 0 aromatic carbocycles. The minimum atomic E-state index is 0.267. The van der Waals surface area contributed by atoms with Gasteiger partial charge in [-0.25, -0.2) is 4.98 Å². The first kappa shape index (κ1) is 20.4. The molecular formula is C23H33NO2. The maximum Gasteiger partial charge on any atom is 0.214 e. The number of methoxy groups -OCH3 is 1. The molecule has 0 saturated heterocycles. The Labute approximate surface area is 158 Å². The van der Waals surface area contributed by atoms with Crippen molar-refractivity contribution in [2.75, 3.05) is 20.3 Å². The van der Waals surface area contributed by atoms with Gasteiger partial charge in [-0.1, -0.05) is 31.6 Å². The molecule has 0 atom stereocenters. The summed E-state index contributed by atoms with van der Waals surface area (Å²) in [6.45, 7) is 12.2. The van der Waals surface area contributed by atoms with Crippen molar-refractivity contribution in [2.24, 2.45) is 5.41 Å². The molecule has 0 unspecified atom stereocenters. The van der Waals surface area contributed by atoms with Gasteiger partial charge in [0.25, 0.3) is 0 Å². The molecule has 142 valence electrons. The van der Waals surface area contributed by atoms with Crippen LogP contribution >= 0.6 is 0 Å². The lowest BCUT2D eigenvalue weighted by molar-refractivity contribution is 0.143. The highest BCUT2D eigenvalue weighted by Crippen LogP contribution is 2.40. The Kier molecular flexibility index (Phi) is 7.22. The van der Waals surface area contributed by atoms with Gasteiger partial charge in [0.2, 0.25) is 5.88 Å². The lowest BCUT2D eigenvalue weighted by Gasteiger charge is -2.32. The zero-order valence-corrected chi connectivity index (χ0v) is 17.2. The number of nitrogens with zero attached hydrogens (tertiary/aromatic N) is 1. The highest BCUT2D eigenvalue weighted by atomic mass is 16.5. The SMILES string of the molecule is COCCOc1cc(C)cc(/C=C(C)/C=C/C2=C(C)CCCC2(C)C)n1. The van der Waals surface area contributed by atoms with Gasteiger partial charge in [0.1, 0.15) is 6.61 Å². The number of pyridine rings is 1. The molecule has 0 N–H and O–H groups in total. The first-order valence-electron chi connectivity index (χ1n) is 9.49. The molecule has 1 aliphatic carbocycles. The monoisotopic (exact) mass is 355 g/mol. The molecule has 2 rings (SSSR count). The fourth-order valence-corrected chi connectivity index (χ4v) is 3.55. The molecule has 1 aromatic heterocycles. The Morgan fingerprint density at radius 1 is 1.23 bits per heavy atom. The predicted octanol–water partition coefficient (Wildman–Crippen LogP) is 5.90. The second kappa shape index (κ2) is 9.18. The summed E-state index contributed by atoms with van der Waals surface area (Å²) in [5.74, 6) is 0.650. The van der Waals surface area contributed by atoms with Crippen LogP contribution in [0.2, 0.25) is 0 Å². The van der Waals surface area contributed by atoms with Crippen LogP contribution in [0.15, 0.2) is 41.0 Å². The summed E-state index contributed by atoms with van der Waals surface area (Å²) in [6, 6.07) is 4.03. The van der Waals surface area contributed by atoms with Gasteiger partial charge in [-0.05, 0) is 74.3 Å². The topological polar surface area (TPSA) is 31.4 Å². The quantitative estimate of drug-likeness (QED) is 0.450. The van der Waals surface area contributed by atoms with Gasteiger partial charge in [-0.15, -0.1) is 0 Å². The van der Waals surface area contributed by atoms with Crippen molar-refractivity contribution in [2.45, 2.75) is 53.9 Å². The molecule has 0 bridgehead atoms. The first-order chi connectivity index (χ1) is 12.3. The number of hydrogen-bond acceptors (Lipinski definition) is 3. The standard InChI is InChI=1S/C23H33NO2/c1-17(9-10-21-19(3)8-7-11-23(21,4)5)14-20-15-18(2)16-22(24-20)26-13-12-25-6/h9-10,14-16H,7-8,11-13H2,1-6H3/b10-9+,17-14+. The molecule has 3 nitrogen and oxygen atoms in total. The molecule has 0 spiro atoms. The highest BCUT2D eigenvalue weighted by molar-refractivity contribution is 5.54. The molecule has 0 radical (unpaired) electrons. The summed E-state index contributed by atoms with van der Waals surface area (Å²) in [6.07, 6.45) is 10.4. The Morgan fingerprint density at radius 2 is 2.00 bits per heavy atom. The van der Waals surface area contributed by atoms with Gasteiger partial charge in [-0.2, -0.15) is 0 Å². The van der Waals surface area contributed by atoms with E-state index in [2.05, 4.69) is 63.9 Å². The van der Waals surface area contributed by atoms with Crippen LogP contribution in [0.3, 0.4) is 0 Å². The average Bonchev–Trinajstić information content (AvgIpc) is 2.53. The second-order valence-corrected chi connectivity index (χ2v) is 7.90. The van der Waals surface area contributed by atoms with Gasteiger partial charge in [0, 0.05) is 13.2 Å². The van der Waals surface area contributed by atoms with Crippen LogP contribution in [0.1, 0.15) is 58.2 Å². The smallest absolute Gasteiger partial charge is 0.214 e. The van der Waals surface area contributed by atoms with Gasteiger partial charge in [0.15, 0.2) is 0 Å². The van der Waals surface area contributed by atoms with Crippen LogP contribution in [-0.4, -0.2) is 25.3 Å². The fourth-order valence-electron chi connectivity index (χ4n) is 3.55. The van der Waals surface area contributed by atoms with E-state index in [0.717, 1.165) is 11.3 Å². The Bertz CT molecular complexity index is 711. The molecule has 0 fully saturated rings.